The number of furan rings is 1. The largest absolute Gasteiger partial charge is 0.456 e. The molecule has 0 radical (unpaired) electrons. The molecule has 9 aromatic carbocycles. The maximum Gasteiger partial charge on any atom is 0.179 e. The molecule has 0 bridgehead atoms. The van der Waals surface area contributed by atoms with Gasteiger partial charge in [0.05, 0.1) is 22.1 Å². The van der Waals surface area contributed by atoms with Crippen molar-refractivity contribution in [1.29, 1.82) is 0 Å². The molecule has 3 nitrogen and oxygen atoms in total. The Kier molecular flexibility index (Phi) is 7.25. The second kappa shape index (κ2) is 12.8. The number of aromatic nitrogens is 2. The zero-order chi connectivity index (χ0) is 38.2. The quantitative estimate of drug-likeness (QED) is 0.122. The van der Waals surface area contributed by atoms with Crippen molar-refractivity contribution in [2.75, 3.05) is 0 Å². The summed E-state index contributed by atoms with van der Waals surface area (Å²) in [4.78, 5) is 0. The Balaban J connectivity index is 1.15. The highest BCUT2D eigenvalue weighted by atomic mass is 28.3. The number of hydrogen-bond donors (Lipinski definition) is 0. The highest BCUT2D eigenvalue weighted by Gasteiger charge is 2.42. The van der Waals surface area contributed by atoms with Gasteiger partial charge < -0.3 is 13.6 Å². The van der Waals surface area contributed by atoms with E-state index in [-0.39, 0.29) is 0 Å². The Morgan fingerprint density at radius 1 is 0.276 bits per heavy atom. The van der Waals surface area contributed by atoms with Gasteiger partial charge in [-0.2, -0.15) is 0 Å². The van der Waals surface area contributed by atoms with E-state index in [1.54, 1.807) is 0 Å². The first-order chi connectivity index (χ1) is 28.8. The van der Waals surface area contributed by atoms with Crippen LogP contribution in [-0.2, 0) is 0 Å². The third kappa shape index (κ3) is 4.73. The number of nitrogens with zero attached hydrogens (tertiary/aromatic N) is 2. The fraction of sp³-hybridized carbons (Fsp3) is 0. The Morgan fingerprint density at radius 3 is 1.26 bits per heavy atom. The monoisotopic (exact) mass is 756 g/mol. The molecular formula is C54H36N2OSi. The number of rotatable bonds is 6. The van der Waals surface area contributed by atoms with Crippen molar-refractivity contribution in [3.63, 3.8) is 0 Å². The van der Waals surface area contributed by atoms with Crippen LogP contribution < -0.4 is 20.7 Å². The molecule has 0 saturated heterocycles. The zero-order valence-corrected chi connectivity index (χ0v) is 32.6. The lowest BCUT2D eigenvalue weighted by atomic mass is 10.1. The average molecular weight is 757 g/mol. The topological polar surface area (TPSA) is 23.0 Å². The molecule has 0 spiro atoms. The summed E-state index contributed by atoms with van der Waals surface area (Å²) in [5.41, 5.74) is 8.81. The smallest absolute Gasteiger partial charge is 0.179 e. The molecule has 4 heteroatoms. The summed E-state index contributed by atoms with van der Waals surface area (Å²) in [5, 5.41) is 12.6. The molecule has 0 unspecified atom stereocenters. The first kappa shape index (κ1) is 32.8. The normalized spacial score (nSPS) is 12.1. The number of para-hydroxylation sites is 4. The summed E-state index contributed by atoms with van der Waals surface area (Å²) >= 11 is 0. The van der Waals surface area contributed by atoms with E-state index in [0.717, 1.165) is 38.8 Å². The standard InChI is InChI=1S/C54H36N2OSi/c1-3-19-39(20-4-1)58(40-21-5-2-6-22-40,41-23-15-17-37(33-41)55-49-29-11-7-25-43(49)44-26-8-12-30-50(44)55)42-24-16-18-38(34-42)56-51-31-13-9-27-45(51)47-35-48-46-28-10-14-32-53(46)57-54(48)36-52(47)56/h1-36H. The van der Waals surface area contributed by atoms with Crippen LogP contribution in [0.2, 0.25) is 0 Å². The molecule has 0 aliphatic heterocycles. The van der Waals surface area contributed by atoms with Crippen molar-refractivity contribution in [3.05, 3.63) is 218 Å². The van der Waals surface area contributed by atoms with E-state index in [1.807, 2.05) is 6.07 Å². The Bertz CT molecular complexity index is 3430. The molecule has 58 heavy (non-hydrogen) atoms. The van der Waals surface area contributed by atoms with Gasteiger partial charge >= 0.3 is 0 Å². The molecule has 3 heterocycles. The minimum Gasteiger partial charge on any atom is -0.456 e. The minimum atomic E-state index is -2.97. The highest BCUT2D eigenvalue weighted by molar-refractivity contribution is 7.20. The van der Waals surface area contributed by atoms with Gasteiger partial charge in [-0.05, 0) is 75.3 Å². The fourth-order valence-electron chi connectivity index (χ4n) is 9.80. The summed E-state index contributed by atoms with van der Waals surface area (Å²) in [6, 6.07) is 80.4. The molecule has 272 valence electrons. The van der Waals surface area contributed by atoms with Crippen LogP contribution in [0, 0.1) is 0 Å². The number of fused-ring (bicyclic) bond motifs is 9. The molecule has 0 aliphatic rings. The molecule has 12 rings (SSSR count). The van der Waals surface area contributed by atoms with Crippen molar-refractivity contribution in [1.82, 2.24) is 9.13 Å². The summed E-state index contributed by atoms with van der Waals surface area (Å²) in [6.45, 7) is 0. The molecular weight excluding hydrogens is 721 g/mol. The van der Waals surface area contributed by atoms with Gasteiger partial charge in [-0.15, -0.1) is 0 Å². The van der Waals surface area contributed by atoms with Crippen LogP contribution in [0.4, 0.5) is 0 Å². The molecule has 0 N–H and O–H groups in total. The summed E-state index contributed by atoms with van der Waals surface area (Å²) in [6.07, 6.45) is 0. The van der Waals surface area contributed by atoms with Crippen LogP contribution in [0.25, 0.3) is 76.9 Å². The second-order valence-corrected chi connectivity index (χ2v) is 19.1. The minimum absolute atomic E-state index is 0.896. The van der Waals surface area contributed by atoms with E-state index in [0.29, 0.717) is 0 Å². The zero-order valence-electron chi connectivity index (χ0n) is 31.6. The Hall–Kier alpha value is -7.40. The van der Waals surface area contributed by atoms with Gasteiger partial charge in [0.1, 0.15) is 11.2 Å². The predicted molar refractivity (Wildman–Crippen MR) is 246 cm³/mol. The van der Waals surface area contributed by atoms with Crippen LogP contribution in [0.15, 0.2) is 223 Å². The molecule has 0 amide bonds. The van der Waals surface area contributed by atoms with Gasteiger partial charge in [0.15, 0.2) is 8.07 Å². The van der Waals surface area contributed by atoms with Gasteiger partial charge in [0, 0.05) is 49.8 Å². The lowest BCUT2D eigenvalue weighted by Gasteiger charge is -2.35. The fourth-order valence-corrected chi connectivity index (χ4v) is 14.6. The summed E-state index contributed by atoms with van der Waals surface area (Å²) in [7, 11) is -2.97. The molecule has 0 fully saturated rings. The van der Waals surface area contributed by atoms with Gasteiger partial charge in [0.25, 0.3) is 0 Å². The summed E-state index contributed by atoms with van der Waals surface area (Å²) < 4.78 is 11.4. The van der Waals surface area contributed by atoms with E-state index in [9.17, 15) is 0 Å². The van der Waals surface area contributed by atoms with E-state index in [2.05, 4.69) is 221 Å². The highest BCUT2D eigenvalue weighted by Crippen LogP contribution is 2.38. The lowest BCUT2D eigenvalue weighted by Crippen LogP contribution is -2.74. The third-order valence-electron chi connectivity index (χ3n) is 12.2. The molecule has 0 aliphatic carbocycles. The van der Waals surface area contributed by atoms with Gasteiger partial charge in [-0.3, -0.25) is 0 Å². The van der Waals surface area contributed by atoms with Gasteiger partial charge in [-0.1, -0.05) is 158 Å². The van der Waals surface area contributed by atoms with Crippen LogP contribution in [-0.4, -0.2) is 17.2 Å². The first-order valence-electron chi connectivity index (χ1n) is 19.9. The van der Waals surface area contributed by atoms with Crippen LogP contribution in [0.1, 0.15) is 0 Å². The Labute approximate surface area is 336 Å². The van der Waals surface area contributed by atoms with Crippen LogP contribution in [0.5, 0.6) is 0 Å². The average Bonchev–Trinajstić information content (AvgIpc) is 3.94. The molecule has 0 atom stereocenters. The van der Waals surface area contributed by atoms with Crippen molar-refractivity contribution >= 4 is 94.4 Å². The maximum atomic E-state index is 6.49. The Morgan fingerprint density at radius 2 is 0.707 bits per heavy atom. The summed E-state index contributed by atoms with van der Waals surface area (Å²) in [5.74, 6) is 0. The lowest BCUT2D eigenvalue weighted by molar-refractivity contribution is 0.669. The van der Waals surface area contributed by atoms with E-state index in [1.165, 1.54) is 58.8 Å². The maximum absolute atomic E-state index is 6.49. The number of hydrogen-bond acceptors (Lipinski definition) is 1. The van der Waals surface area contributed by atoms with Crippen molar-refractivity contribution < 1.29 is 4.42 Å². The van der Waals surface area contributed by atoms with E-state index >= 15 is 0 Å². The van der Waals surface area contributed by atoms with Crippen LogP contribution >= 0.6 is 0 Å². The molecule has 3 aromatic heterocycles. The van der Waals surface area contributed by atoms with Crippen molar-refractivity contribution in [2.45, 2.75) is 0 Å². The van der Waals surface area contributed by atoms with Crippen molar-refractivity contribution in [2.24, 2.45) is 0 Å². The number of benzene rings is 9. The van der Waals surface area contributed by atoms with E-state index < -0.39 is 8.07 Å². The predicted octanol–water partition coefficient (Wildman–Crippen LogP) is 11.2. The van der Waals surface area contributed by atoms with Gasteiger partial charge in [0.2, 0.25) is 0 Å². The molecule has 12 aromatic rings. The van der Waals surface area contributed by atoms with E-state index in [4.69, 9.17) is 4.42 Å². The SMILES string of the molecule is c1ccc([Si](c2ccccc2)(c2cccc(-n3c4ccccc4c4ccccc43)c2)c2cccc(-n3c4ccccc4c4cc5c(cc43)oc3ccccc35)c2)cc1. The second-order valence-electron chi connectivity index (χ2n) is 15.3. The van der Waals surface area contributed by atoms with Crippen molar-refractivity contribution in [3.8, 4) is 11.4 Å². The van der Waals surface area contributed by atoms with Crippen LogP contribution in [0.3, 0.4) is 0 Å². The van der Waals surface area contributed by atoms with Gasteiger partial charge in [-0.25, -0.2) is 0 Å². The molecule has 0 saturated carbocycles. The third-order valence-corrected chi connectivity index (χ3v) is 17.0. The first-order valence-corrected chi connectivity index (χ1v) is 21.9.